The van der Waals surface area contributed by atoms with Crippen LogP contribution in [0.25, 0.3) is 11.5 Å². The third kappa shape index (κ3) is 1.63. The van der Waals surface area contributed by atoms with Crippen molar-refractivity contribution < 1.29 is 0 Å². The lowest BCUT2D eigenvalue weighted by Crippen LogP contribution is -2.07. The van der Waals surface area contributed by atoms with E-state index in [0.717, 1.165) is 23.8 Å². The summed E-state index contributed by atoms with van der Waals surface area (Å²) in [6.45, 7) is 2.86. The van der Waals surface area contributed by atoms with E-state index in [4.69, 9.17) is 0 Å². The summed E-state index contributed by atoms with van der Waals surface area (Å²) in [4.78, 5) is 8.80. The number of fused-ring (bicyclic) bond motifs is 1. The zero-order chi connectivity index (χ0) is 11.7. The number of hydrogen-bond donors (Lipinski definition) is 1. The molecule has 0 saturated carbocycles. The largest absolute Gasteiger partial charge is 0.369 e. The van der Waals surface area contributed by atoms with Crippen molar-refractivity contribution in [2.75, 3.05) is 11.9 Å². The number of aromatic nitrogens is 5. The van der Waals surface area contributed by atoms with Crippen LogP contribution >= 0.6 is 0 Å². The maximum absolute atomic E-state index is 4.51. The third-order valence-electron chi connectivity index (χ3n) is 2.44. The third-order valence-corrected chi connectivity index (χ3v) is 2.44. The minimum Gasteiger partial charge on any atom is -0.369 e. The molecule has 0 bridgehead atoms. The lowest BCUT2D eigenvalue weighted by atomic mass is 10.5. The fourth-order valence-corrected chi connectivity index (χ4v) is 1.73. The first kappa shape index (κ1) is 9.83. The van der Waals surface area contributed by atoms with E-state index in [0.29, 0.717) is 0 Å². The average Bonchev–Trinajstić information content (AvgIpc) is 2.99. The molecule has 0 aromatic carbocycles. The molecule has 0 radical (unpaired) electrons. The zero-order valence-electron chi connectivity index (χ0n) is 9.41. The first-order chi connectivity index (χ1) is 8.38. The Hall–Kier alpha value is -2.37. The van der Waals surface area contributed by atoms with Crippen LogP contribution < -0.4 is 5.32 Å². The van der Waals surface area contributed by atoms with E-state index in [1.54, 1.807) is 17.1 Å². The molecule has 0 atom stereocenters. The van der Waals surface area contributed by atoms with E-state index in [1.165, 1.54) is 0 Å². The van der Waals surface area contributed by atoms with Crippen LogP contribution in [0.1, 0.15) is 6.92 Å². The van der Waals surface area contributed by atoms with E-state index in [-0.39, 0.29) is 0 Å². The molecule has 3 heterocycles. The Labute approximate surface area is 97.9 Å². The molecule has 3 aromatic heterocycles. The van der Waals surface area contributed by atoms with Gasteiger partial charge in [-0.05, 0) is 13.0 Å². The van der Waals surface area contributed by atoms with Gasteiger partial charge >= 0.3 is 0 Å². The van der Waals surface area contributed by atoms with Crippen LogP contribution in [0.15, 0.2) is 37.1 Å². The van der Waals surface area contributed by atoms with E-state index in [1.807, 2.05) is 36.0 Å². The zero-order valence-corrected chi connectivity index (χ0v) is 9.41. The summed E-state index contributed by atoms with van der Waals surface area (Å²) in [7, 11) is 0. The number of imidazole rings is 1. The summed E-state index contributed by atoms with van der Waals surface area (Å²) < 4.78 is 3.64. The average molecular weight is 228 g/mol. The quantitative estimate of drug-likeness (QED) is 0.735. The molecule has 1 N–H and O–H groups in total. The summed E-state index contributed by atoms with van der Waals surface area (Å²) >= 11 is 0. The molecule has 0 amide bonds. The van der Waals surface area contributed by atoms with Gasteiger partial charge < -0.3 is 9.72 Å². The highest BCUT2D eigenvalue weighted by molar-refractivity contribution is 5.57. The molecule has 86 valence electrons. The van der Waals surface area contributed by atoms with E-state index < -0.39 is 0 Å². The Balaban J connectivity index is 2.23. The highest BCUT2D eigenvalue weighted by Gasteiger charge is 2.08. The molecular weight excluding hydrogens is 216 g/mol. The number of nitrogens with one attached hydrogen (secondary N) is 1. The molecule has 6 nitrogen and oxygen atoms in total. The van der Waals surface area contributed by atoms with Gasteiger partial charge in [0.05, 0.1) is 6.20 Å². The van der Waals surface area contributed by atoms with Gasteiger partial charge in [0.1, 0.15) is 5.82 Å². The standard InChI is InChI=1S/C11H12N6/c1-2-12-9-8-16-7-5-13-10(16)11(15-9)17-6-3-4-14-17/h3-8,12H,2H2,1H3. The first-order valence-electron chi connectivity index (χ1n) is 5.46. The SMILES string of the molecule is CCNc1cn2ccnc2c(-n2cccn2)n1. The van der Waals surface area contributed by atoms with Gasteiger partial charge in [-0.25, -0.2) is 14.6 Å². The Morgan fingerprint density at radius 2 is 2.24 bits per heavy atom. The van der Waals surface area contributed by atoms with Crippen LogP contribution in [0, 0.1) is 0 Å². The van der Waals surface area contributed by atoms with Gasteiger partial charge in [0.25, 0.3) is 0 Å². The molecule has 17 heavy (non-hydrogen) atoms. The summed E-state index contributed by atoms with van der Waals surface area (Å²) in [5.41, 5.74) is 0.787. The van der Waals surface area contributed by atoms with Crippen molar-refractivity contribution >= 4 is 11.5 Å². The van der Waals surface area contributed by atoms with Crippen LogP contribution in [-0.2, 0) is 0 Å². The molecule has 0 saturated heterocycles. The Morgan fingerprint density at radius 3 is 3.00 bits per heavy atom. The van der Waals surface area contributed by atoms with Gasteiger partial charge in [0.2, 0.25) is 0 Å². The minimum atomic E-state index is 0.721. The number of nitrogens with zero attached hydrogens (tertiary/aromatic N) is 5. The van der Waals surface area contributed by atoms with Crippen molar-refractivity contribution in [3.05, 3.63) is 37.1 Å². The fraction of sp³-hybridized carbons (Fsp3) is 0.182. The van der Waals surface area contributed by atoms with Crippen molar-refractivity contribution in [2.45, 2.75) is 6.92 Å². The summed E-state index contributed by atoms with van der Waals surface area (Å²) in [6.07, 6.45) is 9.14. The Kier molecular flexibility index (Phi) is 2.25. The minimum absolute atomic E-state index is 0.721. The van der Waals surface area contributed by atoms with E-state index >= 15 is 0 Å². The number of hydrogen-bond acceptors (Lipinski definition) is 4. The molecule has 0 unspecified atom stereocenters. The Morgan fingerprint density at radius 1 is 1.29 bits per heavy atom. The van der Waals surface area contributed by atoms with Crippen molar-refractivity contribution in [1.82, 2.24) is 24.1 Å². The highest BCUT2D eigenvalue weighted by Crippen LogP contribution is 2.14. The first-order valence-corrected chi connectivity index (χ1v) is 5.46. The maximum Gasteiger partial charge on any atom is 0.199 e. The molecule has 6 heteroatoms. The van der Waals surface area contributed by atoms with Crippen LogP contribution in [-0.4, -0.2) is 30.7 Å². The molecular formula is C11H12N6. The van der Waals surface area contributed by atoms with Gasteiger partial charge in [-0.15, -0.1) is 0 Å². The van der Waals surface area contributed by atoms with Crippen molar-refractivity contribution in [2.24, 2.45) is 0 Å². The fourth-order valence-electron chi connectivity index (χ4n) is 1.73. The maximum atomic E-state index is 4.51. The predicted molar refractivity (Wildman–Crippen MR) is 64.3 cm³/mol. The second-order valence-electron chi connectivity index (χ2n) is 3.59. The van der Waals surface area contributed by atoms with Gasteiger partial charge in [-0.1, -0.05) is 0 Å². The van der Waals surface area contributed by atoms with Crippen LogP contribution in [0.2, 0.25) is 0 Å². The normalized spacial score (nSPS) is 10.9. The summed E-state index contributed by atoms with van der Waals surface area (Å²) in [5, 5.41) is 7.38. The monoisotopic (exact) mass is 228 g/mol. The highest BCUT2D eigenvalue weighted by atomic mass is 15.3. The van der Waals surface area contributed by atoms with E-state index in [2.05, 4.69) is 20.4 Å². The number of rotatable bonds is 3. The summed E-state index contributed by atoms with van der Waals surface area (Å²) in [5.74, 6) is 1.53. The van der Waals surface area contributed by atoms with Crippen molar-refractivity contribution in [3.8, 4) is 5.82 Å². The van der Waals surface area contributed by atoms with Crippen molar-refractivity contribution in [3.63, 3.8) is 0 Å². The van der Waals surface area contributed by atoms with Crippen LogP contribution in [0.3, 0.4) is 0 Å². The van der Waals surface area contributed by atoms with Crippen LogP contribution in [0.4, 0.5) is 5.82 Å². The lowest BCUT2D eigenvalue weighted by Gasteiger charge is -2.07. The van der Waals surface area contributed by atoms with Crippen molar-refractivity contribution in [1.29, 1.82) is 0 Å². The van der Waals surface area contributed by atoms with Gasteiger partial charge in [0.15, 0.2) is 11.5 Å². The summed E-state index contributed by atoms with van der Waals surface area (Å²) in [6, 6.07) is 1.86. The molecule has 3 aromatic rings. The second-order valence-corrected chi connectivity index (χ2v) is 3.59. The second kappa shape index (κ2) is 3.89. The topological polar surface area (TPSA) is 60.0 Å². The molecule has 0 spiro atoms. The smallest absolute Gasteiger partial charge is 0.199 e. The van der Waals surface area contributed by atoms with E-state index in [9.17, 15) is 0 Å². The molecule has 0 aliphatic carbocycles. The Bertz CT molecular complexity index is 625. The van der Waals surface area contributed by atoms with Crippen LogP contribution in [0.5, 0.6) is 0 Å². The molecule has 0 aliphatic heterocycles. The number of anilines is 1. The molecule has 0 aliphatic rings. The van der Waals surface area contributed by atoms with Gasteiger partial charge in [-0.3, -0.25) is 0 Å². The van der Waals surface area contributed by atoms with Gasteiger partial charge in [-0.2, -0.15) is 5.10 Å². The predicted octanol–water partition coefficient (Wildman–Crippen LogP) is 1.35. The lowest BCUT2D eigenvalue weighted by molar-refractivity contribution is 0.841. The van der Waals surface area contributed by atoms with Gasteiger partial charge in [0, 0.05) is 31.3 Å². The molecule has 3 rings (SSSR count). The molecule has 0 fully saturated rings.